The highest BCUT2D eigenvalue weighted by Crippen LogP contribution is 2.34. The van der Waals surface area contributed by atoms with E-state index in [9.17, 15) is 24.6 Å². The van der Waals surface area contributed by atoms with Gasteiger partial charge in [-0.25, -0.2) is 0 Å². The summed E-state index contributed by atoms with van der Waals surface area (Å²) in [4.78, 5) is 37.0. The van der Waals surface area contributed by atoms with E-state index >= 15 is 0 Å². The quantitative estimate of drug-likeness (QED) is 0.706. The number of rotatable bonds is 5. The fraction of sp³-hybridized carbons (Fsp3) is 0.227. The van der Waals surface area contributed by atoms with Gasteiger partial charge in [-0.2, -0.15) is 0 Å². The summed E-state index contributed by atoms with van der Waals surface area (Å²) < 4.78 is 0. The van der Waals surface area contributed by atoms with Gasteiger partial charge < -0.3 is 25.2 Å². The Morgan fingerprint density at radius 1 is 1.03 bits per heavy atom. The van der Waals surface area contributed by atoms with Gasteiger partial charge in [0.25, 0.3) is 5.91 Å². The molecule has 2 aromatic carbocycles. The standard InChI is InChI=1S/C22H21ClN2O5/c23-16-7-5-15(6-8-16)22(30)11-13-25(14-12-22)21(29)17-3-1-2-4-18(17)24-19(26)9-10-20(27)28/h1-10,30H,11-14H2,(H,24,26)(H,27,28)/p-1. The minimum Gasteiger partial charge on any atom is -0.545 e. The molecular weight excluding hydrogens is 408 g/mol. The van der Waals surface area contributed by atoms with Gasteiger partial charge in [-0.3, -0.25) is 9.59 Å². The van der Waals surface area contributed by atoms with Crippen LogP contribution in [0.25, 0.3) is 0 Å². The number of aliphatic carboxylic acids is 1. The van der Waals surface area contributed by atoms with Crippen LogP contribution in [-0.2, 0) is 15.2 Å². The van der Waals surface area contributed by atoms with E-state index in [1.165, 1.54) is 0 Å². The summed E-state index contributed by atoms with van der Waals surface area (Å²) in [6.45, 7) is 0.676. The molecule has 0 radical (unpaired) electrons. The van der Waals surface area contributed by atoms with E-state index in [4.69, 9.17) is 11.6 Å². The molecule has 2 aromatic rings. The predicted molar refractivity (Wildman–Crippen MR) is 110 cm³/mol. The molecule has 0 aromatic heterocycles. The molecule has 7 nitrogen and oxygen atoms in total. The Morgan fingerprint density at radius 3 is 2.30 bits per heavy atom. The fourth-order valence-electron chi connectivity index (χ4n) is 3.40. The molecular formula is C22H20ClN2O5-. The Kier molecular flexibility index (Phi) is 6.54. The Morgan fingerprint density at radius 2 is 1.67 bits per heavy atom. The Balaban J connectivity index is 1.70. The lowest BCUT2D eigenvalue weighted by Gasteiger charge is -2.38. The SMILES string of the molecule is O=C([O-])C=CC(=O)Nc1ccccc1C(=O)N1CCC(O)(c2ccc(Cl)cc2)CC1. The van der Waals surface area contributed by atoms with E-state index in [1.807, 2.05) is 0 Å². The number of anilines is 1. The number of carbonyl (C=O) groups excluding carboxylic acids is 3. The first-order chi connectivity index (χ1) is 14.3. The second kappa shape index (κ2) is 9.11. The van der Waals surface area contributed by atoms with Crippen molar-refractivity contribution in [3.8, 4) is 0 Å². The zero-order chi connectivity index (χ0) is 21.7. The third-order valence-electron chi connectivity index (χ3n) is 5.05. The van der Waals surface area contributed by atoms with Gasteiger partial charge in [0.05, 0.1) is 22.8 Å². The topological polar surface area (TPSA) is 110 Å². The summed E-state index contributed by atoms with van der Waals surface area (Å²) >= 11 is 5.91. The second-order valence-corrected chi connectivity index (χ2v) is 7.45. The highest BCUT2D eigenvalue weighted by Gasteiger charge is 2.36. The van der Waals surface area contributed by atoms with Crippen molar-refractivity contribution in [3.63, 3.8) is 0 Å². The number of benzene rings is 2. The van der Waals surface area contributed by atoms with E-state index in [-0.39, 0.29) is 17.2 Å². The average Bonchev–Trinajstić information content (AvgIpc) is 2.73. The number of carboxylic acids is 1. The smallest absolute Gasteiger partial charge is 0.255 e. The maximum Gasteiger partial charge on any atom is 0.255 e. The van der Waals surface area contributed by atoms with Crippen LogP contribution < -0.4 is 10.4 Å². The molecule has 0 bridgehead atoms. The molecule has 1 aliphatic rings. The molecule has 156 valence electrons. The van der Waals surface area contributed by atoms with Crippen LogP contribution >= 0.6 is 11.6 Å². The lowest BCUT2D eigenvalue weighted by Crippen LogP contribution is -2.45. The number of para-hydroxylation sites is 1. The van der Waals surface area contributed by atoms with Crippen LogP contribution in [-0.4, -0.2) is 40.9 Å². The number of amides is 2. The molecule has 2 N–H and O–H groups in total. The van der Waals surface area contributed by atoms with Crippen LogP contribution in [0.15, 0.2) is 60.7 Å². The van der Waals surface area contributed by atoms with Crippen LogP contribution in [0.5, 0.6) is 0 Å². The van der Waals surface area contributed by atoms with Gasteiger partial charge in [0.2, 0.25) is 5.91 Å². The largest absolute Gasteiger partial charge is 0.545 e. The predicted octanol–water partition coefficient (Wildman–Crippen LogP) is 1.71. The van der Waals surface area contributed by atoms with Crippen molar-refractivity contribution in [1.82, 2.24) is 4.90 Å². The average molecular weight is 428 g/mol. The molecule has 1 aliphatic heterocycles. The lowest BCUT2D eigenvalue weighted by atomic mass is 9.84. The van der Waals surface area contributed by atoms with Crippen molar-refractivity contribution in [3.05, 3.63) is 76.8 Å². The zero-order valence-corrected chi connectivity index (χ0v) is 16.8. The number of hydrogen-bond acceptors (Lipinski definition) is 5. The van der Waals surface area contributed by atoms with E-state index < -0.39 is 17.5 Å². The summed E-state index contributed by atoms with van der Waals surface area (Å²) in [6.07, 6.45) is 2.16. The summed E-state index contributed by atoms with van der Waals surface area (Å²) in [5.74, 6) is -2.46. The molecule has 30 heavy (non-hydrogen) atoms. The van der Waals surface area contributed by atoms with Crippen LogP contribution in [0.2, 0.25) is 5.02 Å². The number of carbonyl (C=O) groups is 3. The van der Waals surface area contributed by atoms with Crippen molar-refractivity contribution < 1.29 is 24.6 Å². The number of nitrogens with one attached hydrogen (secondary N) is 1. The molecule has 0 unspecified atom stereocenters. The molecule has 0 aliphatic carbocycles. The molecule has 0 spiro atoms. The van der Waals surface area contributed by atoms with Crippen molar-refractivity contribution in [1.29, 1.82) is 0 Å². The first kappa shape index (κ1) is 21.5. The molecule has 0 atom stereocenters. The highest BCUT2D eigenvalue weighted by molar-refractivity contribution is 6.30. The maximum absolute atomic E-state index is 13.0. The van der Waals surface area contributed by atoms with Crippen molar-refractivity contribution in [2.24, 2.45) is 0 Å². The summed E-state index contributed by atoms with van der Waals surface area (Å²) in [6, 6.07) is 13.5. The molecule has 8 heteroatoms. The number of aliphatic hydroxyl groups is 1. The first-order valence-corrected chi connectivity index (χ1v) is 9.73. The van der Waals surface area contributed by atoms with Gasteiger partial charge in [0, 0.05) is 24.2 Å². The lowest BCUT2D eigenvalue weighted by molar-refractivity contribution is -0.297. The normalized spacial score (nSPS) is 15.7. The molecule has 1 saturated heterocycles. The van der Waals surface area contributed by atoms with E-state index in [0.29, 0.717) is 37.0 Å². The second-order valence-electron chi connectivity index (χ2n) is 7.02. The number of hydrogen-bond donors (Lipinski definition) is 2. The molecule has 3 rings (SSSR count). The Labute approximate surface area is 178 Å². The minimum atomic E-state index is -1.49. The summed E-state index contributed by atoms with van der Waals surface area (Å²) in [7, 11) is 0. The first-order valence-electron chi connectivity index (χ1n) is 9.35. The van der Waals surface area contributed by atoms with Gasteiger partial charge in [-0.1, -0.05) is 35.9 Å². The van der Waals surface area contributed by atoms with Crippen LogP contribution in [0.3, 0.4) is 0 Å². The number of piperidine rings is 1. The fourth-order valence-corrected chi connectivity index (χ4v) is 3.52. The van der Waals surface area contributed by atoms with E-state index in [1.54, 1.807) is 53.4 Å². The van der Waals surface area contributed by atoms with Crippen molar-refractivity contribution in [2.75, 3.05) is 18.4 Å². The van der Waals surface area contributed by atoms with E-state index in [2.05, 4.69) is 5.32 Å². The number of halogens is 1. The zero-order valence-electron chi connectivity index (χ0n) is 16.0. The van der Waals surface area contributed by atoms with Gasteiger partial charge in [0.1, 0.15) is 0 Å². The monoisotopic (exact) mass is 427 g/mol. The Hall–Kier alpha value is -3.16. The Bertz CT molecular complexity index is 979. The summed E-state index contributed by atoms with van der Waals surface area (Å²) in [5, 5.41) is 24.5. The minimum absolute atomic E-state index is 0.272. The van der Waals surface area contributed by atoms with Crippen LogP contribution in [0, 0.1) is 0 Å². The molecule has 2 amide bonds. The van der Waals surface area contributed by atoms with E-state index in [0.717, 1.165) is 11.6 Å². The molecule has 0 saturated carbocycles. The van der Waals surface area contributed by atoms with Crippen molar-refractivity contribution >= 4 is 35.1 Å². The molecule has 1 heterocycles. The number of likely N-dealkylation sites (tertiary alicyclic amines) is 1. The van der Waals surface area contributed by atoms with Gasteiger partial charge in [-0.15, -0.1) is 0 Å². The molecule has 1 fully saturated rings. The number of nitrogens with zero attached hydrogens (tertiary/aromatic N) is 1. The van der Waals surface area contributed by atoms with Gasteiger partial charge in [0.15, 0.2) is 0 Å². The number of carboxylic acid groups (broad SMARTS) is 1. The van der Waals surface area contributed by atoms with Crippen LogP contribution in [0.1, 0.15) is 28.8 Å². The van der Waals surface area contributed by atoms with Crippen molar-refractivity contribution in [2.45, 2.75) is 18.4 Å². The highest BCUT2D eigenvalue weighted by atomic mass is 35.5. The van der Waals surface area contributed by atoms with Crippen LogP contribution in [0.4, 0.5) is 5.69 Å². The summed E-state index contributed by atoms with van der Waals surface area (Å²) in [5.41, 5.74) is 0.273. The van der Waals surface area contributed by atoms with Gasteiger partial charge in [-0.05, 0) is 48.7 Å². The maximum atomic E-state index is 13.0. The van der Waals surface area contributed by atoms with Gasteiger partial charge >= 0.3 is 0 Å². The third kappa shape index (κ3) is 5.06. The third-order valence-corrected chi connectivity index (χ3v) is 5.30.